The number of ether oxygens (including phenoxy) is 1. The van der Waals surface area contributed by atoms with E-state index in [-0.39, 0.29) is 5.97 Å². The molecule has 0 radical (unpaired) electrons. The van der Waals surface area contributed by atoms with Crippen LogP contribution in [0.1, 0.15) is 21.5 Å². The monoisotopic (exact) mass is 360 g/mol. The smallest absolute Gasteiger partial charge is 0.339 e. The van der Waals surface area contributed by atoms with Crippen LogP contribution in [0.4, 0.5) is 17.5 Å². The Morgan fingerprint density at radius 3 is 2.70 bits per heavy atom. The van der Waals surface area contributed by atoms with Crippen LogP contribution in [0, 0.1) is 0 Å². The summed E-state index contributed by atoms with van der Waals surface area (Å²) in [6, 6.07) is 17.5. The number of nitrogens with one attached hydrogen (secondary N) is 1. The molecular weight excluding hydrogens is 340 g/mol. The molecule has 0 bridgehead atoms. The van der Waals surface area contributed by atoms with Gasteiger partial charge in [-0.2, -0.15) is 4.98 Å². The molecule has 136 valence electrons. The molecule has 27 heavy (non-hydrogen) atoms. The zero-order chi connectivity index (χ0) is 18.6. The maximum Gasteiger partial charge on any atom is 0.339 e. The molecule has 6 heteroatoms. The summed E-state index contributed by atoms with van der Waals surface area (Å²) in [5.41, 5.74) is 3.81. The highest BCUT2D eigenvalue weighted by Gasteiger charge is 2.18. The highest BCUT2D eigenvalue weighted by molar-refractivity contribution is 5.96. The van der Waals surface area contributed by atoms with Crippen molar-refractivity contribution in [2.45, 2.75) is 13.0 Å². The van der Waals surface area contributed by atoms with Crippen LogP contribution < -0.4 is 10.2 Å². The summed E-state index contributed by atoms with van der Waals surface area (Å²) in [6.45, 7) is 1.66. The van der Waals surface area contributed by atoms with Crippen LogP contribution in [-0.2, 0) is 17.7 Å². The minimum absolute atomic E-state index is 0.389. The highest BCUT2D eigenvalue weighted by Crippen LogP contribution is 2.24. The van der Waals surface area contributed by atoms with Gasteiger partial charge in [-0.3, -0.25) is 0 Å². The molecule has 0 unspecified atom stereocenters. The highest BCUT2D eigenvalue weighted by atomic mass is 16.5. The third kappa shape index (κ3) is 3.60. The van der Waals surface area contributed by atoms with E-state index < -0.39 is 0 Å². The summed E-state index contributed by atoms with van der Waals surface area (Å²) in [5.74, 6) is 0.917. The average Bonchev–Trinajstić information content (AvgIpc) is 2.73. The summed E-state index contributed by atoms with van der Waals surface area (Å²) >= 11 is 0. The minimum Gasteiger partial charge on any atom is -0.465 e. The molecule has 1 aliphatic heterocycles. The lowest BCUT2D eigenvalue weighted by Crippen LogP contribution is -2.31. The van der Waals surface area contributed by atoms with E-state index in [1.165, 1.54) is 18.2 Å². The maximum absolute atomic E-state index is 12.0. The number of nitrogens with zero attached hydrogens (tertiary/aromatic N) is 3. The van der Waals surface area contributed by atoms with Crippen molar-refractivity contribution in [1.82, 2.24) is 9.97 Å². The topological polar surface area (TPSA) is 67.3 Å². The minimum atomic E-state index is -0.389. The van der Waals surface area contributed by atoms with Crippen molar-refractivity contribution in [3.8, 4) is 0 Å². The van der Waals surface area contributed by atoms with Crippen molar-refractivity contribution in [2.75, 3.05) is 23.9 Å². The van der Waals surface area contributed by atoms with Crippen molar-refractivity contribution in [2.24, 2.45) is 0 Å². The number of carbonyl (C=O) groups is 1. The van der Waals surface area contributed by atoms with E-state index in [9.17, 15) is 4.79 Å². The molecule has 0 saturated heterocycles. The zero-order valence-corrected chi connectivity index (χ0v) is 15.1. The molecule has 1 N–H and O–H groups in total. The summed E-state index contributed by atoms with van der Waals surface area (Å²) in [6.07, 6.45) is 2.70. The van der Waals surface area contributed by atoms with E-state index in [2.05, 4.69) is 44.5 Å². The summed E-state index contributed by atoms with van der Waals surface area (Å²) in [5, 5.41) is 3.21. The molecule has 0 fully saturated rings. The summed E-state index contributed by atoms with van der Waals surface area (Å²) in [4.78, 5) is 23.2. The van der Waals surface area contributed by atoms with Gasteiger partial charge in [0.1, 0.15) is 5.82 Å². The number of rotatable bonds is 4. The number of hydrogen-bond acceptors (Lipinski definition) is 6. The van der Waals surface area contributed by atoms with Crippen molar-refractivity contribution < 1.29 is 9.53 Å². The summed E-state index contributed by atoms with van der Waals surface area (Å²) in [7, 11) is 1.37. The van der Waals surface area contributed by atoms with Gasteiger partial charge in [0.05, 0.1) is 18.4 Å². The molecule has 1 aromatic heterocycles. The lowest BCUT2D eigenvalue weighted by molar-refractivity contribution is 0.0602. The van der Waals surface area contributed by atoms with Crippen LogP contribution in [-0.4, -0.2) is 29.6 Å². The van der Waals surface area contributed by atoms with Crippen LogP contribution in [0.2, 0.25) is 0 Å². The molecule has 1 aliphatic rings. The Balaban J connectivity index is 1.57. The van der Waals surface area contributed by atoms with E-state index in [0.717, 1.165) is 19.5 Å². The van der Waals surface area contributed by atoms with Crippen LogP contribution in [0.15, 0.2) is 60.8 Å². The first-order chi connectivity index (χ1) is 13.2. The van der Waals surface area contributed by atoms with E-state index in [1.807, 2.05) is 12.1 Å². The molecule has 4 rings (SSSR count). The second kappa shape index (κ2) is 7.45. The molecule has 2 heterocycles. The molecule has 0 saturated carbocycles. The Morgan fingerprint density at radius 2 is 1.85 bits per heavy atom. The van der Waals surface area contributed by atoms with Gasteiger partial charge in [0, 0.05) is 19.3 Å². The number of hydrogen-bond donors (Lipinski definition) is 1. The number of esters is 1. The molecule has 0 spiro atoms. The van der Waals surface area contributed by atoms with Crippen LogP contribution >= 0.6 is 0 Å². The largest absolute Gasteiger partial charge is 0.465 e. The fraction of sp³-hybridized carbons (Fsp3) is 0.190. The third-order valence-corrected chi connectivity index (χ3v) is 4.65. The number of aromatic nitrogens is 2. The second-order valence-electron chi connectivity index (χ2n) is 6.34. The number of benzene rings is 2. The van der Waals surface area contributed by atoms with Gasteiger partial charge in [0.25, 0.3) is 0 Å². The predicted octanol–water partition coefficient (Wildman–Crippen LogP) is 3.57. The first-order valence-corrected chi connectivity index (χ1v) is 8.84. The van der Waals surface area contributed by atoms with Crippen LogP contribution in [0.25, 0.3) is 0 Å². The third-order valence-electron chi connectivity index (χ3n) is 4.65. The Bertz CT molecular complexity index is 974. The van der Waals surface area contributed by atoms with Gasteiger partial charge in [-0.1, -0.05) is 36.4 Å². The number of anilines is 3. The van der Waals surface area contributed by atoms with Crippen molar-refractivity contribution in [3.05, 3.63) is 77.5 Å². The second-order valence-corrected chi connectivity index (χ2v) is 6.34. The van der Waals surface area contributed by atoms with Gasteiger partial charge < -0.3 is 15.0 Å². The number of fused-ring (bicyclic) bond motifs is 1. The fourth-order valence-electron chi connectivity index (χ4n) is 3.25. The number of para-hydroxylation sites is 1. The van der Waals surface area contributed by atoms with E-state index in [0.29, 0.717) is 23.0 Å². The Morgan fingerprint density at radius 1 is 1.07 bits per heavy atom. The van der Waals surface area contributed by atoms with E-state index in [4.69, 9.17) is 4.74 Å². The molecule has 0 aliphatic carbocycles. The Labute approximate surface area is 157 Å². The SMILES string of the molecule is COC(=O)c1ccccc1Nc1ccnc(N2CCc3ccccc3C2)n1. The Hall–Kier alpha value is -3.41. The number of methoxy groups -OCH3 is 1. The molecule has 2 aromatic carbocycles. The molecule has 3 aromatic rings. The first kappa shape index (κ1) is 17.0. The lowest BCUT2D eigenvalue weighted by Gasteiger charge is -2.29. The standard InChI is InChI=1S/C21H20N4O2/c1-27-20(26)17-8-4-5-9-18(17)23-19-10-12-22-21(24-19)25-13-11-15-6-2-3-7-16(15)14-25/h2-10,12H,11,13-14H2,1H3,(H,22,23,24). The van der Waals surface area contributed by atoms with Gasteiger partial charge in [-0.25, -0.2) is 9.78 Å². The lowest BCUT2D eigenvalue weighted by atomic mass is 10.0. The van der Waals surface area contributed by atoms with Crippen molar-refractivity contribution in [1.29, 1.82) is 0 Å². The van der Waals surface area contributed by atoms with Gasteiger partial charge in [0.15, 0.2) is 0 Å². The molecule has 0 atom stereocenters. The predicted molar refractivity (Wildman–Crippen MR) is 104 cm³/mol. The quantitative estimate of drug-likeness (QED) is 0.718. The molecular formula is C21H20N4O2. The molecule has 6 nitrogen and oxygen atoms in total. The van der Waals surface area contributed by atoms with Crippen molar-refractivity contribution >= 4 is 23.4 Å². The Kier molecular flexibility index (Phi) is 4.70. The van der Waals surface area contributed by atoms with Crippen LogP contribution in [0.5, 0.6) is 0 Å². The van der Waals surface area contributed by atoms with Gasteiger partial charge in [-0.15, -0.1) is 0 Å². The fourth-order valence-corrected chi connectivity index (χ4v) is 3.25. The maximum atomic E-state index is 12.0. The van der Waals surface area contributed by atoms with E-state index in [1.54, 1.807) is 24.4 Å². The van der Waals surface area contributed by atoms with Crippen molar-refractivity contribution in [3.63, 3.8) is 0 Å². The zero-order valence-electron chi connectivity index (χ0n) is 15.1. The normalized spacial score (nSPS) is 13.0. The average molecular weight is 360 g/mol. The number of carbonyl (C=O) groups excluding carboxylic acids is 1. The van der Waals surface area contributed by atoms with Gasteiger partial charge in [0.2, 0.25) is 5.95 Å². The summed E-state index contributed by atoms with van der Waals surface area (Å²) < 4.78 is 4.85. The van der Waals surface area contributed by atoms with Crippen LogP contribution in [0.3, 0.4) is 0 Å². The molecule has 0 amide bonds. The van der Waals surface area contributed by atoms with Gasteiger partial charge in [-0.05, 0) is 35.7 Å². The van der Waals surface area contributed by atoms with Gasteiger partial charge >= 0.3 is 5.97 Å². The van der Waals surface area contributed by atoms with E-state index >= 15 is 0 Å². The first-order valence-electron chi connectivity index (χ1n) is 8.84.